The fraction of sp³-hybridized carbons (Fsp3) is 0.368. The van der Waals surface area contributed by atoms with E-state index in [1.807, 2.05) is 6.07 Å². The summed E-state index contributed by atoms with van der Waals surface area (Å²) in [6.07, 6.45) is 7.32. The number of anilines is 2. The molecule has 0 spiro atoms. The maximum atomic E-state index is 12.1. The average Bonchev–Trinajstić information content (AvgIpc) is 3.09. The summed E-state index contributed by atoms with van der Waals surface area (Å²) in [7, 11) is 0. The lowest BCUT2D eigenvalue weighted by Crippen LogP contribution is -2.33. The van der Waals surface area contributed by atoms with Gasteiger partial charge in [-0.25, -0.2) is 4.98 Å². The second-order valence-electron chi connectivity index (χ2n) is 6.06. The number of pyridine rings is 1. The second-order valence-corrected chi connectivity index (χ2v) is 6.06. The normalized spacial score (nSPS) is 14.7. The fourth-order valence-electron chi connectivity index (χ4n) is 2.92. The van der Waals surface area contributed by atoms with Crippen LogP contribution in [0.3, 0.4) is 0 Å². The highest BCUT2D eigenvalue weighted by atomic mass is 16.1. The van der Waals surface area contributed by atoms with E-state index in [1.54, 1.807) is 12.3 Å². The van der Waals surface area contributed by atoms with E-state index in [-0.39, 0.29) is 5.91 Å². The van der Waals surface area contributed by atoms with Crippen LogP contribution in [0.25, 0.3) is 0 Å². The van der Waals surface area contributed by atoms with Gasteiger partial charge in [-0.05, 0) is 49.1 Å². The third-order valence-corrected chi connectivity index (χ3v) is 4.34. The summed E-state index contributed by atoms with van der Waals surface area (Å²) >= 11 is 0. The Hall–Kier alpha value is -2.36. The van der Waals surface area contributed by atoms with Gasteiger partial charge in [0, 0.05) is 11.7 Å². The van der Waals surface area contributed by atoms with E-state index in [1.165, 1.54) is 18.4 Å². The van der Waals surface area contributed by atoms with Crippen LogP contribution in [0.4, 0.5) is 11.4 Å². The molecule has 1 amide bonds. The van der Waals surface area contributed by atoms with Crippen molar-refractivity contribution in [2.75, 3.05) is 5.32 Å². The molecule has 4 heteroatoms. The van der Waals surface area contributed by atoms with Crippen LogP contribution in [-0.2, 0) is 6.42 Å². The smallest absolute Gasteiger partial charge is 0.270 e. The molecule has 1 aliphatic carbocycles. The van der Waals surface area contributed by atoms with E-state index >= 15 is 0 Å². The Morgan fingerprint density at radius 2 is 1.78 bits per heavy atom. The predicted molar refractivity (Wildman–Crippen MR) is 93.1 cm³/mol. The van der Waals surface area contributed by atoms with E-state index < -0.39 is 0 Å². The number of nitrogens with one attached hydrogen (secondary N) is 2. The molecule has 1 fully saturated rings. The van der Waals surface area contributed by atoms with E-state index in [2.05, 4.69) is 46.8 Å². The first-order chi connectivity index (χ1) is 11.2. The molecule has 1 aliphatic rings. The van der Waals surface area contributed by atoms with Crippen LogP contribution in [0.15, 0.2) is 42.6 Å². The molecule has 1 heterocycles. The van der Waals surface area contributed by atoms with Crippen molar-refractivity contribution in [3.05, 3.63) is 53.9 Å². The number of rotatable bonds is 5. The van der Waals surface area contributed by atoms with Crippen molar-refractivity contribution in [2.24, 2.45) is 0 Å². The van der Waals surface area contributed by atoms with Crippen molar-refractivity contribution >= 4 is 17.3 Å². The Morgan fingerprint density at radius 3 is 2.39 bits per heavy atom. The minimum Gasteiger partial charge on any atom is -0.354 e. The first-order valence-electron chi connectivity index (χ1n) is 8.37. The van der Waals surface area contributed by atoms with Crippen LogP contribution in [0, 0.1) is 0 Å². The summed E-state index contributed by atoms with van der Waals surface area (Å²) < 4.78 is 0. The second kappa shape index (κ2) is 7.27. The number of carbonyl (C=O) groups excluding carboxylic acids is 1. The van der Waals surface area contributed by atoms with Crippen LogP contribution in [-0.4, -0.2) is 16.9 Å². The molecule has 0 aliphatic heterocycles. The summed E-state index contributed by atoms with van der Waals surface area (Å²) in [5.74, 6) is -0.0734. The first-order valence-corrected chi connectivity index (χ1v) is 8.37. The molecule has 4 nitrogen and oxygen atoms in total. The quantitative estimate of drug-likeness (QED) is 0.875. The van der Waals surface area contributed by atoms with Gasteiger partial charge in [0.05, 0.1) is 11.9 Å². The summed E-state index contributed by atoms with van der Waals surface area (Å²) in [5, 5.41) is 6.36. The largest absolute Gasteiger partial charge is 0.354 e. The lowest BCUT2D eigenvalue weighted by atomic mass is 10.1. The lowest BCUT2D eigenvalue weighted by Gasteiger charge is -2.12. The van der Waals surface area contributed by atoms with Gasteiger partial charge in [-0.1, -0.05) is 31.9 Å². The molecule has 0 radical (unpaired) electrons. The van der Waals surface area contributed by atoms with Crippen LogP contribution >= 0.6 is 0 Å². The van der Waals surface area contributed by atoms with Gasteiger partial charge in [-0.3, -0.25) is 4.79 Å². The lowest BCUT2D eigenvalue weighted by molar-refractivity contribution is 0.0933. The van der Waals surface area contributed by atoms with Crippen molar-refractivity contribution in [1.82, 2.24) is 10.3 Å². The molecule has 1 aromatic heterocycles. The van der Waals surface area contributed by atoms with Gasteiger partial charge < -0.3 is 10.6 Å². The highest BCUT2D eigenvalue weighted by Crippen LogP contribution is 2.19. The Balaban J connectivity index is 1.60. The number of benzene rings is 1. The summed E-state index contributed by atoms with van der Waals surface area (Å²) in [6, 6.07) is 12.3. The molecule has 0 saturated heterocycles. The number of aromatic nitrogens is 1. The first kappa shape index (κ1) is 15.5. The van der Waals surface area contributed by atoms with Crippen LogP contribution in [0.2, 0.25) is 0 Å². The van der Waals surface area contributed by atoms with Gasteiger partial charge in [-0.2, -0.15) is 0 Å². The Kier molecular flexibility index (Phi) is 4.91. The SMILES string of the molecule is CCc1ccc(Nc2ccc(C(=O)NC3CCCC3)nc2)cc1. The topological polar surface area (TPSA) is 54.0 Å². The highest BCUT2D eigenvalue weighted by molar-refractivity contribution is 5.92. The zero-order valence-electron chi connectivity index (χ0n) is 13.5. The summed E-state index contributed by atoms with van der Waals surface area (Å²) in [4.78, 5) is 16.4. The zero-order valence-corrected chi connectivity index (χ0v) is 13.5. The van der Waals surface area contributed by atoms with Gasteiger partial charge in [0.2, 0.25) is 0 Å². The predicted octanol–water partition coefficient (Wildman–Crippen LogP) is 4.06. The molecule has 3 rings (SSSR count). The van der Waals surface area contributed by atoms with Crippen molar-refractivity contribution in [3.63, 3.8) is 0 Å². The van der Waals surface area contributed by atoms with Gasteiger partial charge >= 0.3 is 0 Å². The van der Waals surface area contributed by atoms with Gasteiger partial charge in [-0.15, -0.1) is 0 Å². The van der Waals surface area contributed by atoms with Gasteiger partial charge in [0.1, 0.15) is 5.69 Å². The molecule has 0 unspecified atom stereocenters. The number of hydrogen-bond donors (Lipinski definition) is 2. The molecule has 0 bridgehead atoms. The molecular weight excluding hydrogens is 286 g/mol. The van der Waals surface area contributed by atoms with E-state index in [0.29, 0.717) is 11.7 Å². The minimum absolute atomic E-state index is 0.0734. The molecule has 1 aromatic carbocycles. The third kappa shape index (κ3) is 4.09. The summed E-state index contributed by atoms with van der Waals surface area (Å²) in [5.41, 5.74) is 3.69. The number of carbonyl (C=O) groups is 1. The molecule has 23 heavy (non-hydrogen) atoms. The van der Waals surface area contributed by atoms with Crippen LogP contribution < -0.4 is 10.6 Å². The standard InChI is InChI=1S/C19H23N3O/c1-2-14-7-9-16(10-8-14)21-17-11-12-18(20-13-17)19(23)22-15-5-3-4-6-15/h7-13,15,21H,2-6H2,1H3,(H,22,23). The minimum atomic E-state index is -0.0734. The van der Waals surface area contributed by atoms with Crippen molar-refractivity contribution in [1.29, 1.82) is 0 Å². The maximum absolute atomic E-state index is 12.1. The number of hydrogen-bond acceptors (Lipinski definition) is 3. The maximum Gasteiger partial charge on any atom is 0.270 e. The average molecular weight is 309 g/mol. The highest BCUT2D eigenvalue weighted by Gasteiger charge is 2.18. The third-order valence-electron chi connectivity index (χ3n) is 4.34. The van der Waals surface area contributed by atoms with Crippen molar-refractivity contribution < 1.29 is 4.79 Å². The van der Waals surface area contributed by atoms with E-state index in [0.717, 1.165) is 30.6 Å². The molecule has 1 saturated carbocycles. The Morgan fingerprint density at radius 1 is 1.09 bits per heavy atom. The number of aryl methyl sites for hydroxylation is 1. The molecular formula is C19H23N3O. The van der Waals surface area contributed by atoms with Crippen molar-refractivity contribution in [2.45, 2.75) is 45.1 Å². The van der Waals surface area contributed by atoms with E-state index in [4.69, 9.17) is 0 Å². The Bertz CT molecular complexity index is 643. The van der Waals surface area contributed by atoms with E-state index in [9.17, 15) is 4.79 Å². The fourth-order valence-corrected chi connectivity index (χ4v) is 2.92. The number of nitrogens with zero attached hydrogens (tertiary/aromatic N) is 1. The molecule has 2 N–H and O–H groups in total. The molecule has 2 aromatic rings. The van der Waals surface area contributed by atoms with Crippen LogP contribution in [0.1, 0.15) is 48.7 Å². The van der Waals surface area contributed by atoms with Crippen molar-refractivity contribution in [3.8, 4) is 0 Å². The Labute approximate surface area is 137 Å². The van der Waals surface area contributed by atoms with Crippen LogP contribution in [0.5, 0.6) is 0 Å². The summed E-state index contributed by atoms with van der Waals surface area (Å²) in [6.45, 7) is 2.14. The molecule has 0 atom stereocenters. The van der Waals surface area contributed by atoms with Gasteiger partial charge in [0.25, 0.3) is 5.91 Å². The zero-order chi connectivity index (χ0) is 16.1. The molecule has 120 valence electrons. The number of amides is 1. The van der Waals surface area contributed by atoms with Gasteiger partial charge in [0.15, 0.2) is 0 Å². The monoisotopic (exact) mass is 309 g/mol.